The lowest BCUT2D eigenvalue weighted by atomic mass is 9.94. The summed E-state index contributed by atoms with van der Waals surface area (Å²) >= 11 is 7.93. The van der Waals surface area contributed by atoms with E-state index in [1.54, 1.807) is 18.4 Å². The van der Waals surface area contributed by atoms with Crippen LogP contribution in [0.2, 0.25) is 5.02 Å². The predicted molar refractivity (Wildman–Crippen MR) is 92.8 cm³/mol. The standard InChI is InChI=1S/C17H17ClN2O2S/c1-22-12-7-6-9(8-11(12)18)15-19-16(21)14-10-4-2-3-5-13(10)23-17(14)20-15/h6-8,15,20H,2-5H2,1H3,(H,19,21)/t15-/m1/s1. The summed E-state index contributed by atoms with van der Waals surface area (Å²) < 4.78 is 5.18. The van der Waals surface area contributed by atoms with Crippen LogP contribution in [-0.2, 0) is 12.8 Å². The van der Waals surface area contributed by atoms with Crippen molar-refractivity contribution in [1.29, 1.82) is 0 Å². The molecular formula is C17H17ClN2O2S. The fraction of sp³-hybridized carbons (Fsp3) is 0.353. The van der Waals surface area contributed by atoms with Crippen molar-refractivity contribution in [2.45, 2.75) is 31.8 Å². The number of methoxy groups -OCH3 is 1. The zero-order valence-electron chi connectivity index (χ0n) is 12.7. The Morgan fingerprint density at radius 3 is 2.87 bits per heavy atom. The molecule has 2 aromatic rings. The van der Waals surface area contributed by atoms with Crippen LogP contribution in [0.1, 0.15) is 45.4 Å². The fourth-order valence-electron chi connectivity index (χ4n) is 3.31. The van der Waals surface area contributed by atoms with Crippen LogP contribution in [0.15, 0.2) is 18.2 Å². The lowest BCUT2D eigenvalue weighted by molar-refractivity contribution is 0.0935. The van der Waals surface area contributed by atoms with Gasteiger partial charge >= 0.3 is 0 Å². The Kier molecular flexibility index (Phi) is 3.70. The molecule has 0 bridgehead atoms. The molecular weight excluding hydrogens is 332 g/mol. The molecule has 0 radical (unpaired) electrons. The summed E-state index contributed by atoms with van der Waals surface area (Å²) in [6, 6.07) is 5.57. The molecule has 2 N–H and O–H groups in total. The lowest BCUT2D eigenvalue weighted by Crippen LogP contribution is -2.38. The van der Waals surface area contributed by atoms with Crippen LogP contribution in [-0.4, -0.2) is 13.0 Å². The zero-order chi connectivity index (χ0) is 16.0. The Labute approximate surface area is 143 Å². The van der Waals surface area contributed by atoms with Gasteiger partial charge in [0.25, 0.3) is 5.91 Å². The quantitative estimate of drug-likeness (QED) is 0.857. The summed E-state index contributed by atoms with van der Waals surface area (Å²) in [5.74, 6) is 0.639. The van der Waals surface area contributed by atoms with Gasteiger partial charge in [-0.3, -0.25) is 4.79 Å². The summed E-state index contributed by atoms with van der Waals surface area (Å²) in [5.41, 5.74) is 3.01. The van der Waals surface area contributed by atoms with E-state index in [1.165, 1.54) is 23.3 Å². The van der Waals surface area contributed by atoms with Crippen LogP contribution in [0, 0.1) is 0 Å². The second-order valence-corrected chi connectivity index (χ2v) is 7.37. The number of aryl methyl sites for hydroxylation is 1. The average Bonchev–Trinajstić information content (AvgIpc) is 2.93. The Morgan fingerprint density at radius 1 is 1.26 bits per heavy atom. The summed E-state index contributed by atoms with van der Waals surface area (Å²) in [6.07, 6.45) is 4.21. The monoisotopic (exact) mass is 348 g/mol. The van der Waals surface area contributed by atoms with Gasteiger partial charge in [0, 0.05) is 4.88 Å². The molecule has 23 heavy (non-hydrogen) atoms. The number of rotatable bonds is 2. The summed E-state index contributed by atoms with van der Waals surface area (Å²) in [4.78, 5) is 14.0. The molecule has 1 atom stereocenters. The molecule has 1 aliphatic heterocycles. The van der Waals surface area contributed by atoms with Gasteiger partial charge in [0.2, 0.25) is 0 Å². The van der Waals surface area contributed by atoms with Gasteiger partial charge in [0.1, 0.15) is 16.9 Å². The van der Waals surface area contributed by atoms with Crippen LogP contribution in [0.5, 0.6) is 5.75 Å². The molecule has 1 aromatic carbocycles. The molecule has 1 amide bonds. The Bertz CT molecular complexity index is 787. The number of hydrogen-bond acceptors (Lipinski definition) is 4. The van der Waals surface area contributed by atoms with Crippen molar-refractivity contribution in [2.75, 3.05) is 12.4 Å². The third kappa shape index (κ3) is 2.48. The van der Waals surface area contributed by atoms with Crippen molar-refractivity contribution in [3.05, 3.63) is 44.8 Å². The minimum atomic E-state index is -0.265. The average molecular weight is 349 g/mol. The molecule has 2 heterocycles. The molecule has 120 valence electrons. The Balaban J connectivity index is 1.68. The van der Waals surface area contributed by atoms with Crippen LogP contribution in [0.4, 0.5) is 5.00 Å². The number of anilines is 1. The number of benzene rings is 1. The number of thiophene rings is 1. The van der Waals surface area contributed by atoms with E-state index in [9.17, 15) is 4.79 Å². The predicted octanol–water partition coefficient (Wildman–Crippen LogP) is 4.14. The summed E-state index contributed by atoms with van der Waals surface area (Å²) in [5, 5.41) is 8.02. The van der Waals surface area contributed by atoms with Gasteiger partial charge in [-0.25, -0.2) is 0 Å². The number of fused-ring (bicyclic) bond motifs is 3. The topological polar surface area (TPSA) is 50.4 Å². The number of halogens is 1. The molecule has 6 heteroatoms. The highest BCUT2D eigenvalue weighted by Gasteiger charge is 2.32. The number of nitrogens with one attached hydrogen (secondary N) is 2. The van der Waals surface area contributed by atoms with Gasteiger partial charge in [-0.1, -0.05) is 17.7 Å². The number of ether oxygens (including phenoxy) is 1. The summed E-state index contributed by atoms with van der Waals surface area (Å²) in [7, 11) is 1.59. The highest BCUT2D eigenvalue weighted by atomic mass is 35.5. The van der Waals surface area contributed by atoms with E-state index in [2.05, 4.69) is 10.6 Å². The van der Waals surface area contributed by atoms with Gasteiger partial charge in [-0.15, -0.1) is 11.3 Å². The highest BCUT2D eigenvalue weighted by molar-refractivity contribution is 7.16. The largest absolute Gasteiger partial charge is 0.495 e. The van der Waals surface area contributed by atoms with Gasteiger partial charge in [-0.2, -0.15) is 0 Å². The normalized spacial score (nSPS) is 19.4. The number of amides is 1. The second-order valence-electron chi connectivity index (χ2n) is 5.86. The molecule has 0 saturated carbocycles. The van der Waals surface area contributed by atoms with Crippen molar-refractivity contribution in [1.82, 2.24) is 5.32 Å². The lowest BCUT2D eigenvalue weighted by Gasteiger charge is -2.27. The van der Waals surface area contributed by atoms with Crippen molar-refractivity contribution in [2.24, 2.45) is 0 Å². The van der Waals surface area contributed by atoms with Gasteiger partial charge in [0.05, 0.1) is 17.7 Å². The molecule has 0 unspecified atom stereocenters. The van der Waals surface area contributed by atoms with Crippen molar-refractivity contribution in [3.8, 4) is 5.75 Å². The number of carbonyl (C=O) groups is 1. The molecule has 1 aliphatic carbocycles. The van der Waals surface area contributed by atoms with E-state index in [4.69, 9.17) is 16.3 Å². The molecule has 1 aromatic heterocycles. The maximum absolute atomic E-state index is 12.6. The van der Waals surface area contributed by atoms with Crippen LogP contribution >= 0.6 is 22.9 Å². The fourth-order valence-corrected chi connectivity index (χ4v) is 4.89. The van der Waals surface area contributed by atoms with E-state index in [0.29, 0.717) is 10.8 Å². The van der Waals surface area contributed by atoms with Gasteiger partial charge in [0.15, 0.2) is 0 Å². The first-order valence-electron chi connectivity index (χ1n) is 7.72. The SMILES string of the molecule is COc1ccc([C@@H]2NC(=O)c3c(sc4c3CCCC4)N2)cc1Cl. The first kappa shape index (κ1) is 14.8. The van der Waals surface area contributed by atoms with Crippen LogP contribution < -0.4 is 15.4 Å². The number of hydrogen-bond donors (Lipinski definition) is 2. The molecule has 0 saturated heterocycles. The van der Waals surface area contributed by atoms with E-state index in [-0.39, 0.29) is 12.1 Å². The third-order valence-electron chi connectivity index (χ3n) is 4.46. The van der Waals surface area contributed by atoms with Gasteiger partial charge < -0.3 is 15.4 Å². The third-order valence-corrected chi connectivity index (χ3v) is 5.98. The number of carbonyl (C=O) groups excluding carboxylic acids is 1. The second kappa shape index (κ2) is 5.73. The minimum absolute atomic E-state index is 0.00934. The first-order valence-corrected chi connectivity index (χ1v) is 8.92. The Morgan fingerprint density at radius 2 is 2.09 bits per heavy atom. The maximum atomic E-state index is 12.6. The van der Waals surface area contributed by atoms with E-state index in [0.717, 1.165) is 29.0 Å². The molecule has 0 spiro atoms. The van der Waals surface area contributed by atoms with E-state index < -0.39 is 0 Å². The smallest absolute Gasteiger partial charge is 0.256 e. The highest BCUT2D eigenvalue weighted by Crippen LogP contribution is 2.41. The maximum Gasteiger partial charge on any atom is 0.256 e. The van der Waals surface area contributed by atoms with Crippen molar-refractivity contribution < 1.29 is 9.53 Å². The first-order chi connectivity index (χ1) is 11.2. The minimum Gasteiger partial charge on any atom is -0.495 e. The zero-order valence-corrected chi connectivity index (χ0v) is 14.3. The molecule has 0 fully saturated rings. The van der Waals surface area contributed by atoms with Crippen LogP contribution in [0.25, 0.3) is 0 Å². The summed E-state index contributed by atoms with van der Waals surface area (Å²) in [6.45, 7) is 0. The Hall–Kier alpha value is -1.72. The van der Waals surface area contributed by atoms with Gasteiger partial charge in [-0.05, 0) is 48.9 Å². The van der Waals surface area contributed by atoms with Crippen molar-refractivity contribution >= 4 is 33.8 Å². The van der Waals surface area contributed by atoms with Crippen LogP contribution in [0.3, 0.4) is 0 Å². The van der Waals surface area contributed by atoms with E-state index in [1.807, 2.05) is 18.2 Å². The molecule has 2 aliphatic rings. The van der Waals surface area contributed by atoms with E-state index >= 15 is 0 Å². The molecule has 4 nitrogen and oxygen atoms in total. The molecule has 4 rings (SSSR count). The van der Waals surface area contributed by atoms with Crippen molar-refractivity contribution in [3.63, 3.8) is 0 Å².